The molecular weight excluding hydrogens is 196 g/mol. The number of carboxylic acids is 1. The first kappa shape index (κ1) is 9.58. The molecule has 0 spiro atoms. The lowest BCUT2D eigenvalue weighted by Crippen LogP contribution is -1.97. The van der Waals surface area contributed by atoms with Crippen LogP contribution in [0.5, 0.6) is 5.75 Å². The number of furan rings is 1. The summed E-state index contributed by atoms with van der Waals surface area (Å²) in [6, 6.07) is 5.32. The Hall–Kier alpha value is -1.97. The number of carbonyl (C=O) groups is 1. The fourth-order valence-electron chi connectivity index (χ4n) is 1.50. The monoisotopic (exact) mass is 206 g/mol. The Balaban J connectivity index is 2.69. The molecule has 1 N–H and O–H groups in total. The number of ether oxygens (including phenoxy) is 1. The number of benzene rings is 1. The second kappa shape index (κ2) is 3.65. The number of fused-ring (bicyclic) bond motifs is 1. The summed E-state index contributed by atoms with van der Waals surface area (Å²) in [5, 5.41) is 10.2. The van der Waals surface area contributed by atoms with Gasteiger partial charge in [0.2, 0.25) is 5.76 Å². The predicted octanol–water partition coefficient (Wildman–Crippen LogP) is 2.53. The van der Waals surface area contributed by atoms with Crippen molar-refractivity contribution in [1.29, 1.82) is 0 Å². The smallest absolute Gasteiger partial charge is 0.372 e. The highest BCUT2D eigenvalue weighted by Gasteiger charge is 2.17. The summed E-state index contributed by atoms with van der Waals surface area (Å²) in [6.45, 7) is 2.34. The molecule has 0 aliphatic rings. The first-order chi connectivity index (χ1) is 7.24. The van der Waals surface area contributed by atoms with Gasteiger partial charge in [0.1, 0.15) is 5.75 Å². The molecule has 15 heavy (non-hydrogen) atoms. The average molecular weight is 206 g/mol. The highest BCUT2D eigenvalue weighted by atomic mass is 16.5. The predicted molar refractivity (Wildman–Crippen MR) is 54.3 cm³/mol. The van der Waals surface area contributed by atoms with Gasteiger partial charge in [-0.2, -0.15) is 0 Å². The normalized spacial score (nSPS) is 10.5. The van der Waals surface area contributed by atoms with Gasteiger partial charge in [0.15, 0.2) is 0 Å². The van der Waals surface area contributed by atoms with Gasteiger partial charge in [-0.25, -0.2) is 4.79 Å². The van der Waals surface area contributed by atoms with E-state index >= 15 is 0 Å². The van der Waals surface area contributed by atoms with E-state index in [4.69, 9.17) is 14.3 Å². The fourth-order valence-corrected chi connectivity index (χ4v) is 1.50. The van der Waals surface area contributed by atoms with E-state index in [2.05, 4.69) is 0 Å². The molecule has 4 nitrogen and oxygen atoms in total. The largest absolute Gasteiger partial charge is 0.493 e. The van der Waals surface area contributed by atoms with Gasteiger partial charge in [-0.3, -0.25) is 0 Å². The molecule has 1 heterocycles. The summed E-state index contributed by atoms with van der Waals surface area (Å²) in [5.41, 5.74) is 0. The molecule has 0 aliphatic heterocycles. The molecule has 0 fully saturated rings. The van der Waals surface area contributed by atoms with Crippen LogP contribution in [0, 0.1) is 0 Å². The van der Waals surface area contributed by atoms with Gasteiger partial charge >= 0.3 is 5.97 Å². The van der Waals surface area contributed by atoms with Gasteiger partial charge in [-0.05, 0) is 13.0 Å². The molecule has 2 rings (SSSR count). The van der Waals surface area contributed by atoms with E-state index in [0.717, 1.165) is 5.39 Å². The Morgan fingerprint density at radius 2 is 2.33 bits per heavy atom. The maximum absolute atomic E-state index is 10.9. The number of hydrogen-bond donors (Lipinski definition) is 1. The van der Waals surface area contributed by atoms with Crippen molar-refractivity contribution < 1.29 is 19.1 Å². The fraction of sp³-hybridized carbons (Fsp3) is 0.182. The van der Waals surface area contributed by atoms with Crippen molar-refractivity contribution in [2.75, 3.05) is 6.61 Å². The molecule has 0 amide bonds. The molecule has 0 unspecified atom stereocenters. The van der Waals surface area contributed by atoms with Crippen LogP contribution in [0.15, 0.2) is 28.9 Å². The number of rotatable bonds is 3. The zero-order valence-electron chi connectivity index (χ0n) is 8.19. The second-order valence-electron chi connectivity index (χ2n) is 3.02. The van der Waals surface area contributed by atoms with Crippen molar-refractivity contribution in [3.05, 3.63) is 30.2 Å². The van der Waals surface area contributed by atoms with Crippen LogP contribution in [-0.2, 0) is 0 Å². The Morgan fingerprint density at radius 3 is 3.00 bits per heavy atom. The number of carboxylic acid groups (broad SMARTS) is 1. The lowest BCUT2D eigenvalue weighted by Gasteiger charge is -2.03. The number of hydrogen-bond acceptors (Lipinski definition) is 3. The van der Waals surface area contributed by atoms with Crippen molar-refractivity contribution in [1.82, 2.24) is 0 Å². The van der Waals surface area contributed by atoms with E-state index in [1.807, 2.05) is 6.92 Å². The summed E-state index contributed by atoms with van der Waals surface area (Å²) in [7, 11) is 0. The van der Waals surface area contributed by atoms with Crippen LogP contribution in [0.2, 0.25) is 0 Å². The summed E-state index contributed by atoms with van der Waals surface area (Å²) < 4.78 is 10.3. The van der Waals surface area contributed by atoms with E-state index < -0.39 is 5.97 Å². The molecule has 78 valence electrons. The third kappa shape index (κ3) is 1.54. The quantitative estimate of drug-likeness (QED) is 0.838. The maximum atomic E-state index is 10.9. The molecule has 0 saturated heterocycles. The average Bonchev–Trinajstić information content (AvgIpc) is 2.62. The molecule has 2 aromatic rings. The van der Waals surface area contributed by atoms with Gasteiger partial charge in [0, 0.05) is 5.39 Å². The van der Waals surface area contributed by atoms with E-state index in [0.29, 0.717) is 17.7 Å². The first-order valence-electron chi connectivity index (χ1n) is 4.60. The minimum Gasteiger partial charge on any atom is -0.493 e. The lowest BCUT2D eigenvalue weighted by molar-refractivity contribution is 0.0665. The highest BCUT2D eigenvalue weighted by Crippen LogP contribution is 2.30. The minimum atomic E-state index is -1.09. The molecule has 0 radical (unpaired) electrons. The third-order valence-corrected chi connectivity index (χ3v) is 2.08. The van der Waals surface area contributed by atoms with Crippen LogP contribution in [0.25, 0.3) is 10.8 Å². The molecule has 0 aliphatic carbocycles. The van der Waals surface area contributed by atoms with Crippen LogP contribution < -0.4 is 4.74 Å². The van der Waals surface area contributed by atoms with E-state index in [-0.39, 0.29) is 5.76 Å². The Labute approximate surface area is 86.1 Å². The summed E-state index contributed by atoms with van der Waals surface area (Å²) >= 11 is 0. The second-order valence-corrected chi connectivity index (χ2v) is 3.02. The Morgan fingerprint density at radius 1 is 1.53 bits per heavy atom. The van der Waals surface area contributed by atoms with Crippen LogP contribution >= 0.6 is 0 Å². The molecule has 0 bridgehead atoms. The highest BCUT2D eigenvalue weighted by molar-refractivity contribution is 6.04. The van der Waals surface area contributed by atoms with Crippen molar-refractivity contribution in [2.24, 2.45) is 0 Å². The lowest BCUT2D eigenvalue weighted by atomic mass is 10.1. The van der Waals surface area contributed by atoms with E-state index in [9.17, 15) is 4.79 Å². The van der Waals surface area contributed by atoms with Crippen molar-refractivity contribution >= 4 is 16.7 Å². The van der Waals surface area contributed by atoms with Crippen LogP contribution in [0.4, 0.5) is 0 Å². The SMILES string of the molecule is CCOc1cccc2coc(C(=O)O)c12. The summed E-state index contributed by atoms with van der Waals surface area (Å²) in [4.78, 5) is 10.9. The Kier molecular flexibility index (Phi) is 2.33. The van der Waals surface area contributed by atoms with E-state index in [1.54, 1.807) is 18.2 Å². The van der Waals surface area contributed by atoms with Crippen LogP contribution in [0.3, 0.4) is 0 Å². The molecule has 1 aromatic carbocycles. The van der Waals surface area contributed by atoms with Gasteiger partial charge in [0.25, 0.3) is 0 Å². The minimum absolute atomic E-state index is 0.0750. The molecule has 0 atom stereocenters. The third-order valence-electron chi connectivity index (χ3n) is 2.08. The van der Waals surface area contributed by atoms with Crippen molar-refractivity contribution in [3.63, 3.8) is 0 Å². The summed E-state index contributed by atoms with van der Waals surface area (Å²) in [5.74, 6) is -0.618. The molecular formula is C11H10O4. The van der Waals surface area contributed by atoms with Gasteiger partial charge in [0.05, 0.1) is 18.3 Å². The molecule has 0 saturated carbocycles. The van der Waals surface area contributed by atoms with E-state index in [1.165, 1.54) is 6.26 Å². The van der Waals surface area contributed by atoms with Crippen LogP contribution in [0.1, 0.15) is 17.5 Å². The topological polar surface area (TPSA) is 59.7 Å². The maximum Gasteiger partial charge on any atom is 0.372 e. The Bertz CT molecular complexity index is 498. The van der Waals surface area contributed by atoms with Gasteiger partial charge in [-0.1, -0.05) is 12.1 Å². The van der Waals surface area contributed by atoms with Crippen molar-refractivity contribution in [2.45, 2.75) is 6.92 Å². The van der Waals surface area contributed by atoms with Gasteiger partial charge < -0.3 is 14.3 Å². The van der Waals surface area contributed by atoms with Crippen molar-refractivity contribution in [3.8, 4) is 5.75 Å². The van der Waals surface area contributed by atoms with Crippen LogP contribution in [-0.4, -0.2) is 17.7 Å². The standard InChI is InChI=1S/C11H10O4/c1-2-14-8-5-3-4-7-6-15-10(9(7)8)11(12)13/h3-6H,2H2,1H3,(H,12,13). The summed E-state index contributed by atoms with van der Waals surface area (Å²) in [6.07, 6.45) is 1.42. The molecule has 4 heteroatoms. The van der Waals surface area contributed by atoms with Gasteiger partial charge in [-0.15, -0.1) is 0 Å². The number of aromatic carboxylic acids is 1. The first-order valence-corrected chi connectivity index (χ1v) is 4.60. The molecule has 1 aromatic heterocycles. The zero-order valence-corrected chi connectivity index (χ0v) is 8.19. The zero-order chi connectivity index (χ0) is 10.8.